The van der Waals surface area contributed by atoms with E-state index in [1.807, 2.05) is 19.2 Å². The summed E-state index contributed by atoms with van der Waals surface area (Å²) in [5, 5.41) is 3.28. The van der Waals surface area contributed by atoms with Crippen molar-refractivity contribution in [2.75, 3.05) is 14.2 Å². The molecule has 0 heterocycles. The average Bonchev–Trinajstić information content (AvgIpc) is 2.44. The Morgan fingerprint density at radius 2 is 1.75 bits per heavy atom. The lowest BCUT2D eigenvalue weighted by molar-refractivity contribution is -0.0868. The molecule has 1 aromatic rings. The third-order valence-electron chi connectivity index (χ3n) is 4.89. The standard InChI is InChI=1S/C17H26FNO/c1-16(2)9-11-17(20-4,12-10-16)15(19-3)13-7-5-6-8-14(13)18/h5-8,15,19H,9-12H2,1-4H3. The van der Waals surface area contributed by atoms with Gasteiger partial charge in [-0.25, -0.2) is 4.39 Å². The first-order chi connectivity index (χ1) is 9.44. The number of halogens is 1. The van der Waals surface area contributed by atoms with E-state index in [0.29, 0.717) is 11.0 Å². The first-order valence-corrected chi connectivity index (χ1v) is 7.41. The second-order valence-electron chi connectivity index (χ2n) is 6.68. The van der Waals surface area contributed by atoms with Crippen molar-refractivity contribution >= 4 is 0 Å². The highest BCUT2D eigenvalue weighted by Crippen LogP contribution is 2.47. The summed E-state index contributed by atoms with van der Waals surface area (Å²) in [5.41, 5.74) is 0.749. The van der Waals surface area contributed by atoms with Gasteiger partial charge in [0.15, 0.2) is 0 Å². The molecule has 0 amide bonds. The summed E-state index contributed by atoms with van der Waals surface area (Å²) in [6.45, 7) is 4.59. The predicted octanol–water partition coefficient (Wildman–Crippen LogP) is 4.07. The van der Waals surface area contributed by atoms with Gasteiger partial charge >= 0.3 is 0 Å². The predicted molar refractivity (Wildman–Crippen MR) is 80.2 cm³/mol. The lowest BCUT2D eigenvalue weighted by atomic mass is 9.67. The second kappa shape index (κ2) is 5.82. The number of ether oxygens (including phenoxy) is 1. The Hall–Kier alpha value is -0.930. The van der Waals surface area contributed by atoms with Gasteiger partial charge in [-0.15, -0.1) is 0 Å². The van der Waals surface area contributed by atoms with Crippen LogP contribution in [0.3, 0.4) is 0 Å². The first-order valence-electron chi connectivity index (χ1n) is 7.41. The minimum Gasteiger partial charge on any atom is -0.376 e. The van der Waals surface area contributed by atoms with Gasteiger partial charge in [-0.2, -0.15) is 0 Å². The Morgan fingerprint density at radius 1 is 1.15 bits per heavy atom. The number of hydrogen-bond acceptors (Lipinski definition) is 2. The molecule has 1 aliphatic carbocycles. The van der Waals surface area contributed by atoms with Crippen molar-refractivity contribution < 1.29 is 9.13 Å². The van der Waals surface area contributed by atoms with E-state index >= 15 is 0 Å². The molecular weight excluding hydrogens is 253 g/mol. The number of likely N-dealkylation sites (N-methyl/N-ethyl adjacent to an activating group) is 1. The van der Waals surface area contributed by atoms with Gasteiger partial charge in [-0.05, 0) is 44.2 Å². The fourth-order valence-electron chi connectivity index (χ4n) is 3.37. The molecule has 0 spiro atoms. The summed E-state index contributed by atoms with van der Waals surface area (Å²) in [6, 6.07) is 6.89. The van der Waals surface area contributed by atoms with Crippen LogP contribution in [0, 0.1) is 11.2 Å². The van der Waals surface area contributed by atoms with Gasteiger partial charge in [0.1, 0.15) is 5.82 Å². The largest absolute Gasteiger partial charge is 0.376 e. The van der Waals surface area contributed by atoms with Gasteiger partial charge in [0.25, 0.3) is 0 Å². The Labute approximate surface area is 121 Å². The smallest absolute Gasteiger partial charge is 0.128 e. The molecule has 2 rings (SSSR count). The van der Waals surface area contributed by atoms with Crippen molar-refractivity contribution in [2.24, 2.45) is 5.41 Å². The molecule has 0 aliphatic heterocycles. The summed E-state index contributed by atoms with van der Waals surface area (Å²) >= 11 is 0. The summed E-state index contributed by atoms with van der Waals surface area (Å²) in [5.74, 6) is -0.159. The van der Waals surface area contributed by atoms with Crippen LogP contribution in [0.25, 0.3) is 0 Å². The van der Waals surface area contributed by atoms with E-state index in [-0.39, 0.29) is 17.5 Å². The molecule has 3 heteroatoms. The summed E-state index contributed by atoms with van der Waals surface area (Å²) in [4.78, 5) is 0. The van der Waals surface area contributed by atoms with Crippen LogP contribution in [0.5, 0.6) is 0 Å². The summed E-state index contributed by atoms with van der Waals surface area (Å²) < 4.78 is 20.0. The second-order valence-corrected chi connectivity index (χ2v) is 6.68. The van der Waals surface area contributed by atoms with Crippen LogP contribution in [0.4, 0.5) is 4.39 Å². The van der Waals surface area contributed by atoms with E-state index in [1.165, 1.54) is 6.07 Å². The van der Waals surface area contributed by atoms with Crippen molar-refractivity contribution in [1.82, 2.24) is 5.32 Å². The van der Waals surface area contributed by atoms with E-state index < -0.39 is 0 Å². The molecule has 1 unspecified atom stereocenters. The topological polar surface area (TPSA) is 21.3 Å². The highest BCUT2D eigenvalue weighted by atomic mass is 19.1. The maximum atomic E-state index is 14.1. The molecule has 20 heavy (non-hydrogen) atoms. The van der Waals surface area contributed by atoms with Gasteiger partial charge in [-0.3, -0.25) is 0 Å². The molecule has 1 aromatic carbocycles. The quantitative estimate of drug-likeness (QED) is 0.897. The molecular formula is C17H26FNO. The van der Waals surface area contributed by atoms with Crippen LogP contribution >= 0.6 is 0 Å². The van der Waals surface area contributed by atoms with Crippen molar-refractivity contribution in [3.05, 3.63) is 35.6 Å². The van der Waals surface area contributed by atoms with Crippen molar-refractivity contribution in [3.63, 3.8) is 0 Å². The molecule has 0 radical (unpaired) electrons. The zero-order chi connectivity index (χ0) is 14.8. The number of methoxy groups -OCH3 is 1. The maximum Gasteiger partial charge on any atom is 0.128 e. The van der Waals surface area contributed by atoms with Gasteiger partial charge < -0.3 is 10.1 Å². The van der Waals surface area contributed by atoms with Crippen molar-refractivity contribution in [3.8, 4) is 0 Å². The Bertz CT molecular complexity index is 448. The van der Waals surface area contributed by atoms with Crippen LogP contribution in [-0.4, -0.2) is 19.8 Å². The number of hydrogen-bond donors (Lipinski definition) is 1. The van der Waals surface area contributed by atoms with Crippen LogP contribution in [0.15, 0.2) is 24.3 Å². The van der Waals surface area contributed by atoms with Gasteiger partial charge in [-0.1, -0.05) is 32.0 Å². The van der Waals surface area contributed by atoms with E-state index in [1.54, 1.807) is 13.2 Å². The average molecular weight is 279 g/mol. The highest BCUT2D eigenvalue weighted by Gasteiger charge is 2.45. The SMILES string of the molecule is CNC(c1ccccc1F)C1(OC)CCC(C)(C)CC1. The lowest BCUT2D eigenvalue weighted by Gasteiger charge is -2.47. The zero-order valence-electron chi connectivity index (χ0n) is 13.0. The van der Waals surface area contributed by atoms with Gasteiger partial charge in [0.05, 0.1) is 11.6 Å². The minimum absolute atomic E-state index is 0.107. The summed E-state index contributed by atoms with van der Waals surface area (Å²) in [6.07, 6.45) is 4.12. The molecule has 1 saturated carbocycles. The fourth-order valence-corrected chi connectivity index (χ4v) is 3.37. The third kappa shape index (κ3) is 2.89. The fraction of sp³-hybridized carbons (Fsp3) is 0.647. The van der Waals surface area contributed by atoms with Crippen molar-refractivity contribution in [1.29, 1.82) is 0 Å². The van der Waals surface area contributed by atoms with Crippen molar-refractivity contribution in [2.45, 2.75) is 51.2 Å². The van der Waals surface area contributed by atoms with Crippen LogP contribution < -0.4 is 5.32 Å². The minimum atomic E-state index is -0.313. The molecule has 112 valence electrons. The first kappa shape index (κ1) is 15.5. The van der Waals surface area contributed by atoms with Crippen LogP contribution in [-0.2, 0) is 4.74 Å². The maximum absolute atomic E-state index is 14.1. The van der Waals surface area contributed by atoms with E-state index in [9.17, 15) is 4.39 Å². The molecule has 1 atom stereocenters. The molecule has 1 N–H and O–H groups in total. The van der Waals surface area contributed by atoms with Gasteiger partial charge in [0, 0.05) is 12.7 Å². The number of benzene rings is 1. The van der Waals surface area contributed by atoms with Gasteiger partial charge in [0.2, 0.25) is 0 Å². The molecule has 2 nitrogen and oxygen atoms in total. The zero-order valence-corrected chi connectivity index (χ0v) is 13.0. The molecule has 0 aromatic heterocycles. The molecule has 0 bridgehead atoms. The van der Waals surface area contributed by atoms with Crippen LogP contribution in [0.1, 0.15) is 51.1 Å². The molecule has 1 fully saturated rings. The Balaban J connectivity index is 2.32. The number of rotatable bonds is 4. The molecule has 1 aliphatic rings. The Morgan fingerprint density at radius 3 is 2.25 bits per heavy atom. The third-order valence-corrected chi connectivity index (χ3v) is 4.89. The lowest BCUT2D eigenvalue weighted by Crippen LogP contribution is -2.48. The highest BCUT2D eigenvalue weighted by molar-refractivity contribution is 5.25. The Kier molecular flexibility index (Phi) is 4.50. The van der Waals surface area contributed by atoms with E-state index in [2.05, 4.69) is 19.2 Å². The van der Waals surface area contributed by atoms with E-state index in [4.69, 9.17) is 4.74 Å². The normalized spacial score (nSPS) is 22.4. The van der Waals surface area contributed by atoms with Crippen LogP contribution in [0.2, 0.25) is 0 Å². The van der Waals surface area contributed by atoms with E-state index in [0.717, 1.165) is 25.7 Å². The number of nitrogens with one attached hydrogen (secondary N) is 1. The summed E-state index contributed by atoms with van der Waals surface area (Å²) in [7, 11) is 3.64. The molecule has 0 saturated heterocycles. The monoisotopic (exact) mass is 279 g/mol.